The van der Waals surface area contributed by atoms with Crippen molar-refractivity contribution in [1.82, 2.24) is 5.32 Å². The second-order valence-corrected chi connectivity index (χ2v) is 8.26. The van der Waals surface area contributed by atoms with Crippen molar-refractivity contribution in [3.8, 4) is 5.75 Å². The fourth-order valence-corrected chi connectivity index (χ4v) is 3.74. The van der Waals surface area contributed by atoms with E-state index in [-0.39, 0.29) is 17.2 Å². The molecule has 0 aromatic heterocycles. The Kier molecular flexibility index (Phi) is 5.82. The molecule has 0 saturated carbocycles. The third kappa shape index (κ3) is 4.56. The number of carbonyl (C=O) groups excluding carboxylic acids is 1. The highest BCUT2D eigenvalue weighted by molar-refractivity contribution is 7.80. The predicted molar refractivity (Wildman–Crippen MR) is 115 cm³/mol. The normalized spacial score (nSPS) is 17.1. The maximum atomic E-state index is 11.8. The lowest BCUT2D eigenvalue weighted by atomic mass is 9.89. The molecule has 1 aliphatic heterocycles. The monoisotopic (exact) mass is 418 g/mol. The van der Waals surface area contributed by atoms with E-state index in [1.165, 1.54) is 7.11 Å². The first-order valence-electron chi connectivity index (χ1n) is 8.93. The first-order valence-corrected chi connectivity index (χ1v) is 9.72. The van der Waals surface area contributed by atoms with Gasteiger partial charge in [-0.3, -0.25) is 0 Å². The van der Waals surface area contributed by atoms with Crippen LogP contribution in [0.25, 0.3) is 0 Å². The molecule has 2 aromatic carbocycles. The Labute approximate surface area is 175 Å². The number of hydrogen-bond acceptors (Lipinski definition) is 4. The number of ether oxygens (including phenoxy) is 2. The summed E-state index contributed by atoms with van der Waals surface area (Å²) in [6.07, 6.45) is 0.763. The Morgan fingerprint density at radius 3 is 2.75 bits per heavy atom. The minimum atomic E-state index is -0.497. The van der Waals surface area contributed by atoms with Crippen molar-refractivity contribution in [3.63, 3.8) is 0 Å². The summed E-state index contributed by atoms with van der Waals surface area (Å²) in [7, 11) is 1.32. The molecule has 0 spiro atoms. The van der Waals surface area contributed by atoms with E-state index < -0.39 is 5.97 Å². The predicted octanol–water partition coefficient (Wildman–Crippen LogP) is 5.02. The van der Waals surface area contributed by atoms with Crippen molar-refractivity contribution in [2.24, 2.45) is 0 Å². The second kappa shape index (κ2) is 7.97. The molecule has 1 heterocycles. The van der Waals surface area contributed by atoms with Crippen molar-refractivity contribution in [2.45, 2.75) is 38.8 Å². The Balaban J connectivity index is 1.78. The van der Waals surface area contributed by atoms with Crippen molar-refractivity contribution in [3.05, 3.63) is 58.1 Å². The quantitative estimate of drug-likeness (QED) is 0.539. The lowest BCUT2D eigenvalue weighted by molar-refractivity contribution is 0.0600. The van der Waals surface area contributed by atoms with Crippen molar-refractivity contribution >= 4 is 40.6 Å². The summed E-state index contributed by atoms with van der Waals surface area (Å²) in [5.74, 6) is 0.374. The van der Waals surface area contributed by atoms with Crippen LogP contribution in [0.15, 0.2) is 36.4 Å². The molecule has 0 amide bonds. The summed E-state index contributed by atoms with van der Waals surface area (Å²) in [4.78, 5) is 11.8. The van der Waals surface area contributed by atoms with Crippen LogP contribution in [-0.4, -0.2) is 23.8 Å². The SMILES string of the molecule is COC(=O)c1cc(NC(=S)NC2CC(C)(C)Oc3cc(C)ccc32)ccc1Cl. The van der Waals surface area contributed by atoms with Gasteiger partial charge in [0.05, 0.1) is 23.7 Å². The molecule has 0 radical (unpaired) electrons. The van der Waals surface area contributed by atoms with Crippen LogP contribution in [-0.2, 0) is 4.74 Å². The van der Waals surface area contributed by atoms with Gasteiger partial charge in [0.1, 0.15) is 11.4 Å². The largest absolute Gasteiger partial charge is 0.487 e. The molecule has 2 N–H and O–H groups in total. The number of hydrogen-bond donors (Lipinski definition) is 2. The van der Waals surface area contributed by atoms with E-state index >= 15 is 0 Å². The highest BCUT2D eigenvalue weighted by atomic mass is 35.5. The van der Waals surface area contributed by atoms with Crippen LogP contribution in [0.1, 0.15) is 47.8 Å². The first-order chi connectivity index (χ1) is 13.2. The highest BCUT2D eigenvalue weighted by Crippen LogP contribution is 2.39. The van der Waals surface area contributed by atoms with Gasteiger partial charge in [0.2, 0.25) is 0 Å². The molecule has 148 valence electrons. The van der Waals surface area contributed by atoms with Crippen molar-refractivity contribution < 1.29 is 14.3 Å². The third-order valence-electron chi connectivity index (χ3n) is 4.56. The molecule has 7 heteroatoms. The van der Waals surface area contributed by atoms with Crippen molar-refractivity contribution in [2.75, 3.05) is 12.4 Å². The minimum absolute atomic E-state index is 0.00623. The van der Waals surface area contributed by atoms with E-state index in [2.05, 4.69) is 36.6 Å². The number of carbonyl (C=O) groups is 1. The van der Waals surface area contributed by atoms with Crippen LogP contribution < -0.4 is 15.4 Å². The fourth-order valence-electron chi connectivity index (χ4n) is 3.28. The molecule has 0 aliphatic carbocycles. The maximum absolute atomic E-state index is 11.8. The number of rotatable bonds is 3. The van der Waals surface area contributed by atoms with Gasteiger partial charge in [-0.25, -0.2) is 4.79 Å². The molecule has 0 bridgehead atoms. The molecular weight excluding hydrogens is 396 g/mol. The summed E-state index contributed by atoms with van der Waals surface area (Å²) in [5.41, 5.74) is 2.84. The second-order valence-electron chi connectivity index (χ2n) is 7.44. The number of nitrogens with one attached hydrogen (secondary N) is 2. The van der Waals surface area contributed by atoms with E-state index in [1.807, 2.05) is 13.0 Å². The van der Waals surface area contributed by atoms with Gasteiger partial charge in [-0.1, -0.05) is 23.7 Å². The van der Waals surface area contributed by atoms with Crippen LogP contribution in [0.2, 0.25) is 5.02 Å². The zero-order valence-corrected chi connectivity index (χ0v) is 17.8. The number of benzene rings is 2. The van der Waals surface area contributed by atoms with Gasteiger partial charge in [-0.05, 0) is 62.8 Å². The summed E-state index contributed by atoms with van der Waals surface area (Å²) in [6.45, 7) is 6.16. The number of halogens is 1. The Bertz CT molecular complexity index is 930. The molecule has 3 rings (SSSR count). The smallest absolute Gasteiger partial charge is 0.339 e. The van der Waals surface area contributed by atoms with Gasteiger partial charge >= 0.3 is 5.97 Å². The van der Waals surface area contributed by atoms with Crippen molar-refractivity contribution in [1.29, 1.82) is 0 Å². The van der Waals surface area contributed by atoms with Crippen LogP contribution in [0.5, 0.6) is 5.75 Å². The van der Waals surface area contributed by atoms with Crippen LogP contribution in [0.3, 0.4) is 0 Å². The Morgan fingerprint density at radius 2 is 2.04 bits per heavy atom. The molecule has 28 heavy (non-hydrogen) atoms. The summed E-state index contributed by atoms with van der Waals surface area (Å²) in [5, 5.41) is 7.26. The number of thiocarbonyl (C=S) groups is 1. The van der Waals surface area contributed by atoms with Gasteiger partial charge in [-0.2, -0.15) is 0 Å². The standard InChI is InChI=1S/C21H23ClN2O3S/c1-12-5-7-14-17(11-21(2,3)27-18(14)9-12)24-20(28)23-13-6-8-16(22)15(10-13)19(25)26-4/h5-10,17H,11H2,1-4H3,(H2,23,24,28). The van der Waals surface area contributed by atoms with Gasteiger partial charge in [0, 0.05) is 17.7 Å². The van der Waals surface area contributed by atoms with Gasteiger partial charge < -0.3 is 20.1 Å². The zero-order valence-electron chi connectivity index (χ0n) is 16.3. The fraction of sp³-hybridized carbons (Fsp3) is 0.333. The summed E-state index contributed by atoms with van der Waals surface area (Å²) in [6, 6.07) is 11.2. The average molecular weight is 419 g/mol. The first kappa shape index (κ1) is 20.4. The average Bonchev–Trinajstić information content (AvgIpc) is 2.61. The third-order valence-corrected chi connectivity index (χ3v) is 5.11. The summed E-state index contributed by atoms with van der Waals surface area (Å²) >= 11 is 11.6. The number of fused-ring (bicyclic) bond motifs is 1. The minimum Gasteiger partial charge on any atom is -0.487 e. The van der Waals surface area contributed by atoms with Crippen LogP contribution >= 0.6 is 23.8 Å². The lowest BCUT2D eigenvalue weighted by Gasteiger charge is -2.38. The van der Waals surface area contributed by atoms with Gasteiger partial charge in [0.25, 0.3) is 0 Å². The molecule has 2 aromatic rings. The molecule has 1 unspecified atom stereocenters. The maximum Gasteiger partial charge on any atom is 0.339 e. The molecule has 0 fully saturated rings. The molecule has 1 atom stereocenters. The molecular formula is C21H23ClN2O3S. The van der Waals surface area contributed by atoms with E-state index in [9.17, 15) is 4.79 Å². The Hall–Kier alpha value is -2.31. The topological polar surface area (TPSA) is 59.6 Å². The van der Waals surface area contributed by atoms with Crippen LogP contribution in [0.4, 0.5) is 5.69 Å². The summed E-state index contributed by atoms with van der Waals surface area (Å²) < 4.78 is 10.9. The van der Waals surface area contributed by atoms with E-state index in [1.54, 1.807) is 18.2 Å². The molecule has 5 nitrogen and oxygen atoms in total. The van der Waals surface area contributed by atoms with Gasteiger partial charge in [-0.15, -0.1) is 0 Å². The van der Waals surface area contributed by atoms with Gasteiger partial charge in [0.15, 0.2) is 5.11 Å². The van der Waals surface area contributed by atoms with E-state index in [0.29, 0.717) is 15.8 Å². The van der Waals surface area contributed by atoms with E-state index in [4.69, 9.17) is 33.3 Å². The number of anilines is 1. The zero-order chi connectivity index (χ0) is 20.5. The lowest BCUT2D eigenvalue weighted by Crippen LogP contribution is -2.42. The Morgan fingerprint density at radius 1 is 1.29 bits per heavy atom. The number of aryl methyl sites for hydroxylation is 1. The van der Waals surface area contributed by atoms with Crippen LogP contribution in [0, 0.1) is 6.92 Å². The van der Waals surface area contributed by atoms with E-state index in [0.717, 1.165) is 23.3 Å². The number of esters is 1. The highest BCUT2D eigenvalue weighted by Gasteiger charge is 2.34. The molecule has 1 aliphatic rings. The molecule has 0 saturated heterocycles. The number of methoxy groups -OCH3 is 1.